The van der Waals surface area contributed by atoms with Crippen LogP contribution in [-0.4, -0.2) is 34.5 Å². The molecule has 4 heteroatoms. The number of aryl methyl sites for hydroxylation is 1. The first kappa shape index (κ1) is 11.8. The fourth-order valence-corrected chi connectivity index (χ4v) is 1.45. The van der Waals surface area contributed by atoms with Crippen LogP contribution in [-0.2, 0) is 11.3 Å². The third-order valence-electron chi connectivity index (χ3n) is 2.33. The Morgan fingerprint density at radius 2 is 2.20 bits per heavy atom. The van der Waals surface area contributed by atoms with Crippen molar-refractivity contribution in [2.45, 2.75) is 32.7 Å². The molecule has 0 aliphatic carbocycles. The first-order valence-electron chi connectivity index (χ1n) is 5.23. The molecule has 0 fully saturated rings. The van der Waals surface area contributed by atoms with E-state index in [1.165, 1.54) is 0 Å². The van der Waals surface area contributed by atoms with Crippen LogP contribution in [0.25, 0.3) is 0 Å². The molecule has 1 rings (SSSR count). The summed E-state index contributed by atoms with van der Waals surface area (Å²) in [4.78, 5) is 17.3. The van der Waals surface area contributed by atoms with Crippen LogP contribution < -0.4 is 0 Å². The monoisotopic (exact) mass is 209 g/mol. The first-order valence-corrected chi connectivity index (χ1v) is 5.23. The normalized spacial score (nSPS) is 10.7. The van der Waals surface area contributed by atoms with Gasteiger partial charge in [0.25, 0.3) is 0 Å². The molecule has 15 heavy (non-hydrogen) atoms. The molecule has 0 atom stereocenters. The summed E-state index contributed by atoms with van der Waals surface area (Å²) in [7, 11) is 3.55. The Bertz CT molecular complexity index is 328. The van der Waals surface area contributed by atoms with E-state index >= 15 is 0 Å². The van der Waals surface area contributed by atoms with Crippen LogP contribution in [0.4, 0.5) is 0 Å². The fraction of sp³-hybridized carbons (Fsp3) is 0.636. The topological polar surface area (TPSA) is 38.1 Å². The van der Waals surface area contributed by atoms with Crippen molar-refractivity contribution >= 4 is 5.91 Å². The second-order valence-corrected chi connectivity index (χ2v) is 4.17. The molecule has 84 valence electrons. The Balaban J connectivity index is 2.58. The van der Waals surface area contributed by atoms with E-state index < -0.39 is 0 Å². The van der Waals surface area contributed by atoms with E-state index in [-0.39, 0.29) is 5.91 Å². The van der Waals surface area contributed by atoms with Crippen molar-refractivity contribution in [2.75, 3.05) is 14.1 Å². The average Bonchev–Trinajstić information content (AvgIpc) is 2.61. The van der Waals surface area contributed by atoms with Crippen molar-refractivity contribution in [3.63, 3.8) is 0 Å². The summed E-state index contributed by atoms with van der Waals surface area (Å²) in [6, 6.07) is 0. The third-order valence-corrected chi connectivity index (χ3v) is 2.33. The number of aromatic nitrogens is 2. The van der Waals surface area contributed by atoms with Crippen LogP contribution in [0.15, 0.2) is 12.4 Å². The minimum absolute atomic E-state index is 0.151. The van der Waals surface area contributed by atoms with Gasteiger partial charge in [0.1, 0.15) is 5.82 Å². The lowest BCUT2D eigenvalue weighted by Crippen LogP contribution is -2.23. The van der Waals surface area contributed by atoms with E-state index in [2.05, 4.69) is 18.8 Å². The van der Waals surface area contributed by atoms with Crippen LogP contribution in [0.5, 0.6) is 0 Å². The number of amides is 1. The highest BCUT2D eigenvalue weighted by Crippen LogP contribution is 2.12. The third kappa shape index (κ3) is 3.08. The lowest BCUT2D eigenvalue weighted by Gasteiger charge is -2.12. The van der Waals surface area contributed by atoms with Crippen molar-refractivity contribution < 1.29 is 4.79 Å². The zero-order valence-corrected chi connectivity index (χ0v) is 9.90. The quantitative estimate of drug-likeness (QED) is 0.753. The number of hydrogen-bond donors (Lipinski definition) is 0. The van der Waals surface area contributed by atoms with Crippen molar-refractivity contribution in [1.82, 2.24) is 14.5 Å². The summed E-state index contributed by atoms with van der Waals surface area (Å²) in [5, 5.41) is 0. The number of hydrogen-bond acceptors (Lipinski definition) is 2. The highest BCUT2D eigenvalue weighted by molar-refractivity contribution is 5.75. The van der Waals surface area contributed by atoms with E-state index in [9.17, 15) is 4.79 Å². The van der Waals surface area contributed by atoms with Crippen molar-refractivity contribution in [3.05, 3.63) is 18.2 Å². The van der Waals surface area contributed by atoms with Gasteiger partial charge in [0.15, 0.2) is 0 Å². The number of carbonyl (C=O) groups excluding carboxylic acids is 1. The van der Waals surface area contributed by atoms with Crippen LogP contribution in [0.1, 0.15) is 32.0 Å². The molecule has 1 aromatic rings. The largest absolute Gasteiger partial charge is 0.349 e. The van der Waals surface area contributed by atoms with E-state index in [1.54, 1.807) is 25.2 Å². The molecule has 0 aromatic carbocycles. The number of nitrogens with zero attached hydrogens (tertiary/aromatic N) is 3. The van der Waals surface area contributed by atoms with Crippen LogP contribution >= 0.6 is 0 Å². The molecule has 0 saturated heterocycles. The highest BCUT2D eigenvalue weighted by atomic mass is 16.2. The smallest absolute Gasteiger partial charge is 0.223 e. The first-order chi connectivity index (χ1) is 7.02. The zero-order valence-electron chi connectivity index (χ0n) is 9.90. The number of rotatable bonds is 4. The van der Waals surface area contributed by atoms with Gasteiger partial charge in [-0.2, -0.15) is 0 Å². The molecule has 0 aliphatic heterocycles. The van der Waals surface area contributed by atoms with Gasteiger partial charge in [0, 0.05) is 45.4 Å². The SMILES string of the molecule is CC(C)c1nccn1CCC(=O)N(C)C. The summed E-state index contributed by atoms with van der Waals surface area (Å²) in [6.07, 6.45) is 4.25. The van der Waals surface area contributed by atoms with Crippen LogP contribution in [0.3, 0.4) is 0 Å². The molecule has 0 bridgehead atoms. The Kier molecular flexibility index (Phi) is 3.88. The maximum atomic E-state index is 11.4. The van der Waals surface area contributed by atoms with E-state index in [0.29, 0.717) is 18.9 Å². The van der Waals surface area contributed by atoms with Crippen LogP contribution in [0, 0.1) is 0 Å². The lowest BCUT2D eigenvalue weighted by molar-refractivity contribution is -0.128. The van der Waals surface area contributed by atoms with Gasteiger partial charge in [-0.25, -0.2) is 4.98 Å². The second-order valence-electron chi connectivity index (χ2n) is 4.17. The maximum Gasteiger partial charge on any atom is 0.223 e. The molecule has 0 aliphatic rings. The Hall–Kier alpha value is -1.32. The van der Waals surface area contributed by atoms with Gasteiger partial charge in [-0.05, 0) is 0 Å². The molecule has 1 heterocycles. The molecule has 1 amide bonds. The maximum absolute atomic E-state index is 11.4. The minimum atomic E-state index is 0.151. The number of carbonyl (C=O) groups is 1. The number of imidazole rings is 1. The van der Waals surface area contributed by atoms with E-state index in [0.717, 1.165) is 5.82 Å². The Morgan fingerprint density at radius 3 is 2.73 bits per heavy atom. The Labute approximate surface area is 90.9 Å². The van der Waals surface area contributed by atoms with Gasteiger partial charge in [-0.3, -0.25) is 4.79 Å². The fourth-order valence-electron chi connectivity index (χ4n) is 1.45. The molecule has 0 radical (unpaired) electrons. The standard InChI is InChI=1S/C11H19N3O/c1-9(2)11-12-6-8-14(11)7-5-10(15)13(3)4/h6,8-9H,5,7H2,1-4H3. The highest BCUT2D eigenvalue weighted by Gasteiger charge is 2.09. The van der Waals surface area contributed by atoms with E-state index in [1.807, 2.05) is 10.8 Å². The van der Waals surface area contributed by atoms with Gasteiger partial charge >= 0.3 is 0 Å². The average molecular weight is 209 g/mol. The van der Waals surface area contributed by atoms with Gasteiger partial charge in [-0.15, -0.1) is 0 Å². The van der Waals surface area contributed by atoms with Gasteiger partial charge in [0.2, 0.25) is 5.91 Å². The summed E-state index contributed by atoms with van der Waals surface area (Å²) >= 11 is 0. The Morgan fingerprint density at radius 1 is 1.53 bits per heavy atom. The summed E-state index contributed by atoms with van der Waals surface area (Å²) in [5.74, 6) is 1.59. The van der Waals surface area contributed by atoms with E-state index in [4.69, 9.17) is 0 Å². The van der Waals surface area contributed by atoms with Crippen molar-refractivity contribution in [3.8, 4) is 0 Å². The molecule has 1 aromatic heterocycles. The van der Waals surface area contributed by atoms with Crippen molar-refractivity contribution in [1.29, 1.82) is 0 Å². The zero-order chi connectivity index (χ0) is 11.4. The summed E-state index contributed by atoms with van der Waals surface area (Å²) in [5.41, 5.74) is 0. The van der Waals surface area contributed by atoms with Gasteiger partial charge in [0.05, 0.1) is 0 Å². The molecule has 0 unspecified atom stereocenters. The van der Waals surface area contributed by atoms with Gasteiger partial charge < -0.3 is 9.47 Å². The molecule has 0 saturated carbocycles. The molecule has 0 N–H and O–H groups in total. The predicted molar refractivity (Wildman–Crippen MR) is 59.6 cm³/mol. The molecule has 4 nitrogen and oxygen atoms in total. The van der Waals surface area contributed by atoms with Gasteiger partial charge in [-0.1, -0.05) is 13.8 Å². The predicted octanol–water partition coefficient (Wildman–Crippen LogP) is 1.48. The summed E-state index contributed by atoms with van der Waals surface area (Å²) < 4.78 is 2.05. The minimum Gasteiger partial charge on any atom is -0.349 e. The summed E-state index contributed by atoms with van der Waals surface area (Å²) in [6.45, 7) is 4.92. The van der Waals surface area contributed by atoms with Crippen LogP contribution in [0.2, 0.25) is 0 Å². The molecule has 0 spiro atoms. The second kappa shape index (κ2) is 4.96. The molecular weight excluding hydrogens is 190 g/mol. The molecular formula is C11H19N3O. The van der Waals surface area contributed by atoms with Crippen molar-refractivity contribution in [2.24, 2.45) is 0 Å². The lowest BCUT2D eigenvalue weighted by atomic mass is 10.2.